The predicted octanol–water partition coefficient (Wildman–Crippen LogP) is 1.87. The summed E-state index contributed by atoms with van der Waals surface area (Å²) in [4.78, 5) is 30.5. The van der Waals surface area contributed by atoms with Gasteiger partial charge < -0.3 is 9.47 Å². The number of benzene rings is 1. The van der Waals surface area contributed by atoms with Gasteiger partial charge in [0.15, 0.2) is 0 Å². The first-order valence-corrected chi connectivity index (χ1v) is 5.04. The molecule has 0 unspecified atom stereocenters. The van der Waals surface area contributed by atoms with Crippen molar-refractivity contribution in [3.05, 3.63) is 29.8 Å². The van der Waals surface area contributed by atoms with Gasteiger partial charge in [-0.1, -0.05) is 12.1 Å². The van der Waals surface area contributed by atoms with Crippen molar-refractivity contribution in [3.8, 4) is 5.75 Å². The van der Waals surface area contributed by atoms with Gasteiger partial charge >= 0.3 is 12.1 Å². The maximum atomic E-state index is 11.5. The minimum Gasteiger partial charge on any atom is -0.496 e. The van der Waals surface area contributed by atoms with E-state index in [1.54, 1.807) is 25.1 Å². The van der Waals surface area contributed by atoms with Crippen LogP contribution in [-0.2, 0) is 19.6 Å². The third kappa shape index (κ3) is 3.95. The fraction of sp³-hybridized carbons (Fsp3) is 0.273. The molecule has 0 heterocycles. The van der Waals surface area contributed by atoms with Gasteiger partial charge in [-0.3, -0.25) is 4.89 Å². The summed E-state index contributed by atoms with van der Waals surface area (Å²) < 4.78 is 9.32. The summed E-state index contributed by atoms with van der Waals surface area (Å²) >= 11 is 0. The Hall–Kier alpha value is -2.28. The van der Waals surface area contributed by atoms with Crippen LogP contribution in [0.1, 0.15) is 17.3 Å². The number of carbonyl (C=O) groups is 2. The summed E-state index contributed by atoms with van der Waals surface area (Å²) in [5.74, 6) is -0.556. The predicted molar refractivity (Wildman–Crippen MR) is 57.6 cm³/mol. The molecular formula is C11H12O7. The number of hydrogen-bond donors (Lipinski definition) is 0. The van der Waals surface area contributed by atoms with Crippen molar-refractivity contribution in [1.29, 1.82) is 0 Å². The van der Waals surface area contributed by atoms with Gasteiger partial charge in [-0.25, -0.2) is 14.5 Å². The summed E-state index contributed by atoms with van der Waals surface area (Å²) in [5.41, 5.74) is 0.132. The number of hydrogen-bond acceptors (Lipinski definition) is 7. The highest BCUT2D eigenvalue weighted by molar-refractivity contribution is 5.92. The molecule has 1 rings (SSSR count). The maximum absolute atomic E-state index is 11.5. The second-order valence-corrected chi connectivity index (χ2v) is 2.91. The van der Waals surface area contributed by atoms with Crippen LogP contribution in [-0.4, -0.2) is 25.8 Å². The van der Waals surface area contributed by atoms with Gasteiger partial charge in [-0.2, -0.15) is 0 Å². The van der Waals surface area contributed by atoms with Crippen LogP contribution in [0.2, 0.25) is 0 Å². The Morgan fingerprint density at radius 2 is 1.89 bits per heavy atom. The lowest BCUT2D eigenvalue weighted by atomic mass is 10.2. The monoisotopic (exact) mass is 256 g/mol. The van der Waals surface area contributed by atoms with E-state index < -0.39 is 12.1 Å². The smallest absolute Gasteiger partial charge is 0.496 e. The molecule has 0 saturated carbocycles. The Bertz CT molecular complexity index is 416. The number of methoxy groups -OCH3 is 1. The van der Waals surface area contributed by atoms with E-state index in [0.29, 0.717) is 5.75 Å². The van der Waals surface area contributed by atoms with Crippen molar-refractivity contribution in [1.82, 2.24) is 0 Å². The van der Waals surface area contributed by atoms with Crippen LogP contribution in [0.3, 0.4) is 0 Å². The molecule has 0 amide bonds. The summed E-state index contributed by atoms with van der Waals surface area (Å²) in [6.45, 7) is 1.70. The summed E-state index contributed by atoms with van der Waals surface area (Å²) in [6.07, 6.45) is -1.11. The van der Waals surface area contributed by atoms with Gasteiger partial charge in [0.25, 0.3) is 0 Å². The minimum atomic E-state index is -1.11. The Kier molecular flexibility index (Phi) is 5.46. The first-order chi connectivity index (χ1) is 8.69. The van der Waals surface area contributed by atoms with Crippen LogP contribution < -0.4 is 4.74 Å². The second-order valence-electron chi connectivity index (χ2n) is 2.91. The standard InChI is InChI=1S/C11H12O7/c1-3-15-11(13)17-18-16-10(12)8-6-4-5-7-9(8)14-2/h4-7H,3H2,1-2H3. The Morgan fingerprint density at radius 3 is 2.56 bits per heavy atom. The number of carbonyl (C=O) groups excluding carboxylic acids is 2. The van der Waals surface area contributed by atoms with E-state index in [2.05, 4.69) is 19.6 Å². The Labute approximate surface area is 103 Å². The molecule has 0 aromatic heterocycles. The molecule has 0 spiro atoms. The van der Waals surface area contributed by atoms with E-state index in [-0.39, 0.29) is 12.2 Å². The van der Waals surface area contributed by atoms with Gasteiger partial charge in [0.2, 0.25) is 0 Å². The van der Waals surface area contributed by atoms with Crippen molar-refractivity contribution in [2.45, 2.75) is 6.92 Å². The molecule has 0 radical (unpaired) electrons. The van der Waals surface area contributed by atoms with Crippen molar-refractivity contribution in [2.24, 2.45) is 0 Å². The van der Waals surface area contributed by atoms with Crippen LogP contribution in [0.5, 0.6) is 5.75 Å². The summed E-state index contributed by atoms with van der Waals surface area (Å²) in [7, 11) is 1.40. The third-order valence-corrected chi connectivity index (χ3v) is 1.80. The SMILES string of the molecule is CCOC(=O)OOOC(=O)c1ccccc1OC. The summed E-state index contributed by atoms with van der Waals surface area (Å²) in [6, 6.07) is 6.34. The molecule has 0 atom stereocenters. The minimum absolute atomic E-state index is 0.114. The normalized spacial score (nSPS) is 9.44. The molecule has 0 aliphatic carbocycles. The molecule has 0 aliphatic rings. The Balaban J connectivity index is 2.48. The molecule has 0 aliphatic heterocycles. The van der Waals surface area contributed by atoms with Crippen molar-refractivity contribution < 1.29 is 33.9 Å². The quantitative estimate of drug-likeness (QED) is 0.452. The molecule has 7 heteroatoms. The zero-order valence-electron chi connectivity index (χ0n) is 9.87. The molecule has 7 nitrogen and oxygen atoms in total. The molecule has 1 aromatic rings. The first kappa shape index (κ1) is 13.8. The molecule has 1 aromatic carbocycles. The van der Waals surface area contributed by atoms with Crippen molar-refractivity contribution in [3.63, 3.8) is 0 Å². The maximum Gasteiger partial charge on any atom is 0.543 e. The van der Waals surface area contributed by atoms with Gasteiger partial charge in [0, 0.05) is 0 Å². The van der Waals surface area contributed by atoms with E-state index in [4.69, 9.17) is 4.74 Å². The van der Waals surface area contributed by atoms with E-state index >= 15 is 0 Å². The van der Waals surface area contributed by atoms with Gasteiger partial charge in [0.05, 0.1) is 18.8 Å². The lowest BCUT2D eigenvalue weighted by Crippen LogP contribution is -2.12. The highest BCUT2D eigenvalue weighted by atomic mass is 17.5. The molecule has 0 saturated heterocycles. The lowest BCUT2D eigenvalue weighted by molar-refractivity contribution is -0.452. The van der Waals surface area contributed by atoms with Crippen LogP contribution in [0.4, 0.5) is 4.79 Å². The van der Waals surface area contributed by atoms with Crippen LogP contribution >= 0.6 is 0 Å². The topological polar surface area (TPSA) is 80.3 Å². The van der Waals surface area contributed by atoms with E-state index in [1.165, 1.54) is 13.2 Å². The van der Waals surface area contributed by atoms with Crippen molar-refractivity contribution in [2.75, 3.05) is 13.7 Å². The molecule has 0 fully saturated rings. The fourth-order valence-corrected chi connectivity index (χ4v) is 1.08. The van der Waals surface area contributed by atoms with E-state index in [1.807, 2.05) is 0 Å². The molecule has 0 bridgehead atoms. The molecule has 98 valence electrons. The number of para-hydroxylation sites is 1. The fourth-order valence-electron chi connectivity index (χ4n) is 1.08. The number of ether oxygens (including phenoxy) is 2. The molecule has 18 heavy (non-hydrogen) atoms. The highest BCUT2D eigenvalue weighted by Crippen LogP contribution is 2.18. The molecular weight excluding hydrogens is 244 g/mol. The van der Waals surface area contributed by atoms with Gasteiger partial charge in [-0.15, -0.1) is 0 Å². The molecule has 0 N–H and O–H groups in total. The highest BCUT2D eigenvalue weighted by Gasteiger charge is 2.15. The van der Waals surface area contributed by atoms with Crippen molar-refractivity contribution >= 4 is 12.1 Å². The van der Waals surface area contributed by atoms with Gasteiger partial charge in [0.1, 0.15) is 11.3 Å². The lowest BCUT2D eigenvalue weighted by Gasteiger charge is -2.06. The van der Waals surface area contributed by atoms with Crippen LogP contribution in [0.25, 0.3) is 0 Å². The average molecular weight is 256 g/mol. The Morgan fingerprint density at radius 1 is 1.17 bits per heavy atom. The van der Waals surface area contributed by atoms with E-state index in [0.717, 1.165) is 0 Å². The van der Waals surface area contributed by atoms with Crippen LogP contribution in [0.15, 0.2) is 24.3 Å². The average Bonchev–Trinajstić information content (AvgIpc) is 2.38. The van der Waals surface area contributed by atoms with Gasteiger partial charge in [-0.05, 0) is 19.1 Å². The largest absolute Gasteiger partial charge is 0.543 e. The first-order valence-electron chi connectivity index (χ1n) is 5.04. The third-order valence-electron chi connectivity index (χ3n) is 1.80. The zero-order chi connectivity index (χ0) is 13.4. The second kappa shape index (κ2) is 7.13. The van der Waals surface area contributed by atoms with E-state index in [9.17, 15) is 9.59 Å². The zero-order valence-corrected chi connectivity index (χ0v) is 9.87. The number of rotatable bonds is 5. The summed E-state index contributed by atoms with van der Waals surface area (Å²) in [5, 5.41) is 3.98. The van der Waals surface area contributed by atoms with Crippen LogP contribution in [0, 0.1) is 0 Å².